The van der Waals surface area contributed by atoms with E-state index in [1.165, 1.54) is 0 Å². The lowest BCUT2D eigenvalue weighted by molar-refractivity contribution is 0.0940. The number of nitrogens with zero attached hydrogens (tertiary/aromatic N) is 1. The quantitative estimate of drug-likeness (QED) is 0.372. The molecule has 0 saturated heterocycles. The highest BCUT2D eigenvalue weighted by atomic mass is 35.5. The van der Waals surface area contributed by atoms with Crippen LogP contribution >= 0.6 is 23.2 Å². The number of carbonyl (C=O) groups excluding carboxylic acids is 1. The molecule has 0 aliphatic heterocycles. The van der Waals surface area contributed by atoms with Crippen LogP contribution in [0.3, 0.4) is 0 Å². The number of anilines is 1. The molecule has 1 heterocycles. The van der Waals surface area contributed by atoms with Crippen molar-refractivity contribution in [3.63, 3.8) is 0 Å². The van der Waals surface area contributed by atoms with Crippen LogP contribution in [0.1, 0.15) is 49.9 Å². The third kappa shape index (κ3) is 4.56. The van der Waals surface area contributed by atoms with Gasteiger partial charge in [0.15, 0.2) is 11.5 Å². The van der Waals surface area contributed by atoms with Crippen LogP contribution in [0.4, 0.5) is 5.69 Å². The lowest BCUT2D eigenvalue weighted by atomic mass is 9.90. The van der Waals surface area contributed by atoms with Crippen molar-refractivity contribution in [2.24, 2.45) is 11.7 Å². The molecule has 7 heteroatoms. The Morgan fingerprint density at radius 3 is 2.38 bits per heavy atom. The number of aromatic hydroxyl groups is 1. The van der Waals surface area contributed by atoms with Gasteiger partial charge in [-0.25, -0.2) is 0 Å². The largest absolute Gasteiger partial charge is 0.505 e. The molecule has 0 atom stereocenters. The average molecular weight is 472 g/mol. The van der Waals surface area contributed by atoms with Crippen LogP contribution in [0, 0.1) is 5.92 Å². The van der Waals surface area contributed by atoms with Crippen LogP contribution in [0.2, 0.25) is 10.0 Å². The number of rotatable bonds is 5. The summed E-state index contributed by atoms with van der Waals surface area (Å²) in [6.07, 6.45) is 5.52. The second-order valence-electron chi connectivity index (χ2n) is 8.84. The maximum absolute atomic E-state index is 13.0. The summed E-state index contributed by atoms with van der Waals surface area (Å²) >= 11 is 12.3. The second-order valence-corrected chi connectivity index (χ2v) is 9.66. The number of pyridine rings is 1. The number of nitrogens with one attached hydrogen (secondary N) is 1. The topological polar surface area (TPSA) is 88.2 Å². The van der Waals surface area contributed by atoms with Crippen LogP contribution in [-0.2, 0) is 0 Å². The number of phenols is 1. The zero-order valence-electron chi connectivity index (χ0n) is 18.2. The summed E-state index contributed by atoms with van der Waals surface area (Å²) in [6, 6.07) is 9.70. The molecule has 1 saturated carbocycles. The highest BCUT2D eigenvalue weighted by Gasteiger charge is 2.23. The smallest absolute Gasteiger partial charge is 0.169 e. The molecule has 5 nitrogen and oxygen atoms in total. The molecule has 1 fully saturated rings. The van der Waals surface area contributed by atoms with Gasteiger partial charge in [0.25, 0.3) is 0 Å². The monoisotopic (exact) mass is 471 g/mol. The molecule has 0 radical (unpaired) electrons. The zero-order chi connectivity index (χ0) is 23.0. The van der Waals surface area contributed by atoms with Gasteiger partial charge in [-0.1, -0.05) is 43.1 Å². The first-order valence-electron chi connectivity index (χ1n) is 10.9. The predicted molar refractivity (Wildman–Crippen MR) is 132 cm³/mol. The standard InChI is InChI=1S/C25H27Cl2N3O2/c1-13(2)24(31)19-12-29-22-8-3-14(15-10-20(26)25(32)21(27)11-15)9-18(22)23(19)30-17-6-4-16(28)5-7-17/h3,8-13,16-17,32H,4-7,28H2,1-2H3,(H,29,30). The summed E-state index contributed by atoms with van der Waals surface area (Å²) in [5.41, 5.74) is 9.93. The fraction of sp³-hybridized carbons (Fsp3) is 0.360. The highest BCUT2D eigenvalue weighted by molar-refractivity contribution is 6.37. The minimum absolute atomic E-state index is 0.0514. The van der Waals surface area contributed by atoms with E-state index in [4.69, 9.17) is 28.9 Å². The SMILES string of the molecule is CC(C)C(=O)c1cnc2ccc(-c3cc(Cl)c(O)c(Cl)c3)cc2c1NC1CCC(N)CC1. The van der Waals surface area contributed by atoms with E-state index < -0.39 is 0 Å². The van der Waals surface area contributed by atoms with Crippen molar-refractivity contribution in [3.05, 3.63) is 52.1 Å². The maximum atomic E-state index is 13.0. The van der Waals surface area contributed by atoms with E-state index in [1.807, 2.05) is 32.0 Å². The molecule has 168 valence electrons. The molecule has 32 heavy (non-hydrogen) atoms. The van der Waals surface area contributed by atoms with Crippen molar-refractivity contribution in [1.82, 2.24) is 4.98 Å². The molecule has 1 aliphatic carbocycles. The number of nitrogens with two attached hydrogens (primary N) is 1. The Balaban J connectivity index is 1.85. The number of benzene rings is 2. The zero-order valence-corrected chi connectivity index (χ0v) is 19.7. The van der Waals surface area contributed by atoms with Crippen molar-refractivity contribution in [2.45, 2.75) is 51.6 Å². The van der Waals surface area contributed by atoms with Crippen molar-refractivity contribution in [2.75, 3.05) is 5.32 Å². The van der Waals surface area contributed by atoms with Crippen molar-refractivity contribution in [1.29, 1.82) is 0 Å². The minimum atomic E-state index is -0.146. The molecular weight excluding hydrogens is 445 g/mol. The van der Waals surface area contributed by atoms with Crippen molar-refractivity contribution < 1.29 is 9.90 Å². The van der Waals surface area contributed by atoms with Crippen molar-refractivity contribution in [3.8, 4) is 16.9 Å². The van der Waals surface area contributed by atoms with E-state index in [2.05, 4.69) is 10.3 Å². The van der Waals surface area contributed by atoms with Gasteiger partial charge in [-0.2, -0.15) is 0 Å². The summed E-state index contributed by atoms with van der Waals surface area (Å²) in [4.78, 5) is 17.6. The average Bonchev–Trinajstić information content (AvgIpc) is 2.78. The summed E-state index contributed by atoms with van der Waals surface area (Å²) in [6.45, 7) is 3.79. The molecular formula is C25H27Cl2N3O2. The van der Waals surface area contributed by atoms with Gasteiger partial charge >= 0.3 is 0 Å². The lowest BCUT2D eigenvalue weighted by Crippen LogP contribution is -2.33. The summed E-state index contributed by atoms with van der Waals surface area (Å²) in [5.74, 6) is -0.231. The molecule has 4 N–H and O–H groups in total. The van der Waals surface area contributed by atoms with Gasteiger partial charge in [-0.15, -0.1) is 0 Å². The summed E-state index contributed by atoms with van der Waals surface area (Å²) < 4.78 is 0. The molecule has 0 bridgehead atoms. The van der Waals surface area contributed by atoms with Crippen LogP contribution in [0.25, 0.3) is 22.0 Å². The molecule has 1 aliphatic rings. The fourth-order valence-electron chi connectivity index (χ4n) is 4.23. The Kier molecular flexibility index (Phi) is 6.61. The van der Waals surface area contributed by atoms with E-state index in [1.54, 1.807) is 18.3 Å². The minimum Gasteiger partial charge on any atom is -0.505 e. The summed E-state index contributed by atoms with van der Waals surface area (Å²) in [7, 11) is 0. The van der Waals surface area contributed by atoms with E-state index in [0.29, 0.717) is 5.56 Å². The molecule has 4 rings (SSSR count). The Labute approximate surface area is 197 Å². The number of phenolic OH excluding ortho intramolecular Hbond substituents is 1. The molecule has 0 amide bonds. The number of fused-ring (bicyclic) bond motifs is 1. The van der Waals surface area contributed by atoms with Gasteiger partial charge < -0.3 is 16.2 Å². The number of ketones is 1. The number of Topliss-reactive ketones (excluding diaryl/α,β-unsaturated/α-hetero) is 1. The van der Waals surface area contributed by atoms with Gasteiger partial charge in [0.05, 0.1) is 26.8 Å². The number of aromatic nitrogens is 1. The Morgan fingerprint density at radius 1 is 1.09 bits per heavy atom. The van der Waals surface area contributed by atoms with Crippen LogP contribution in [0.15, 0.2) is 36.5 Å². The number of hydrogen-bond donors (Lipinski definition) is 3. The molecule has 3 aromatic rings. The van der Waals surface area contributed by atoms with Crippen LogP contribution in [0.5, 0.6) is 5.75 Å². The molecule has 2 aromatic carbocycles. The second kappa shape index (κ2) is 9.26. The third-order valence-corrected chi connectivity index (χ3v) is 6.70. The first-order valence-corrected chi connectivity index (χ1v) is 11.7. The van der Waals surface area contributed by atoms with E-state index >= 15 is 0 Å². The van der Waals surface area contributed by atoms with Crippen LogP contribution in [-0.4, -0.2) is 28.0 Å². The third-order valence-electron chi connectivity index (χ3n) is 6.13. The Morgan fingerprint density at radius 2 is 1.75 bits per heavy atom. The van der Waals surface area contributed by atoms with Gasteiger partial charge in [-0.05, 0) is 61.1 Å². The molecule has 0 unspecified atom stereocenters. The Bertz CT molecular complexity index is 1150. The van der Waals surface area contributed by atoms with Gasteiger partial charge in [0.2, 0.25) is 0 Å². The van der Waals surface area contributed by atoms with Gasteiger partial charge in [-0.3, -0.25) is 9.78 Å². The van der Waals surface area contributed by atoms with Crippen LogP contribution < -0.4 is 11.1 Å². The van der Waals surface area contributed by atoms with E-state index in [0.717, 1.165) is 53.4 Å². The van der Waals surface area contributed by atoms with E-state index in [-0.39, 0.29) is 39.6 Å². The van der Waals surface area contributed by atoms with Gasteiger partial charge in [0, 0.05) is 29.6 Å². The maximum Gasteiger partial charge on any atom is 0.169 e. The normalized spacial score (nSPS) is 18.8. The number of carbonyl (C=O) groups is 1. The first-order chi connectivity index (χ1) is 15.2. The fourth-order valence-corrected chi connectivity index (χ4v) is 4.71. The molecule has 0 spiro atoms. The number of hydrogen-bond acceptors (Lipinski definition) is 5. The summed E-state index contributed by atoms with van der Waals surface area (Å²) in [5, 5.41) is 14.8. The van der Waals surface area contributed by atoms with Gasteiger partial charge in [0.1, 0.15) is 0 Å². The number of halogens is 2. The highest BCUT2D eigenvalue weighted by Crippen LogP contribution is 2.38. The Hall–Kier alpha value is -2.34. The predicted octanol–water partition coefficient (Wildman–Crippen LogP) is 6.43. The molecule has 1 aromatic heterocycles. The van der Waals surface area contributed by atoms with E-state index in [9.17, 15) is 9.90 Å². The van der Waals surface area contributed by atoms with Crippen molar-refractivity contribution >= 4 is 45.6 Å². The first kappa shape index (κ1) is 22.8. The lowest BCUT2D eigenvalue weighted by Gasteiger charge is -2.29.